The Hall–Kier alpha value is -2.66. The number of rotatable bonds is 5. The van der Waals surface area contributed by atoms with Gasteiger partial charge >= 0.3 is 0 Å². The number of hydrogen-bond acceptors (Lipinski definition) is 3. The average Bonchev–Trinajstić information content (AvgIpc) is 3.27. The van der Waals surface area contributed by atoms with E-state index in [1.54, 1.807) is 17.1 Å². The molecule has 4 rings (SSSR count). The number of hydrogen-bond donors (Lipinski definition) is 1. The van der Waals surface area contributed by atoms with Crippen LogP contribution in [-0.4, -0.2) is 20.7 Å². The maximum atomic E-state index is 12.8. The maximum Gasteiger partial charge on any atom is 0.230 e. The first-order chi connectivity index (χ1) is 12.2. The highest BCUT2D eigenvalue weighted by Crippen LogP contribution is 2.48. The van der Waals surface area contributed by atoms with E-state index >= 15 is 0 Å². The van der Waals surface area contributed by atoms with Crippen LogP contribution < -0.4 is 5.32 Å². The molecule has 0 saturated heterocycles. The minimum Gasteiger partial charge on any atom is -0.351 e. The van der Waals surface area contributed by atoms with E-state index in [0.717, 1.165) is 29.8 Å². The molecule has 5 nitrogen and oxygen atoms in total. The zero-order valence-corrected chi connectivity index (χ0v) is 14.3. The van der Waals surface area contributed by atoms with Gasteiger partial charge in [-0.1, -0.05) is 29.8 Å². The molecule has 0 atom stereocenters. The highest BCUT2D eigenvalue weighted by molar-refractivity contribution is 6.30. The van der Waals surface area contributed by atoms with E-state index in [2.05, 4.69) is 15.4 Å². The largest absolute Gasteiger partial charge is 0.351 e. The SMILES string of the molecule is O=C(NCc1cccnc1-n1cccn1)C1(c2ccc(Cl)cc2)CC1. The molecule has 6 heteroatoms. The van der Waals surface area contributed by atoms with Crippen molar-refractivity contribution in [3.8, 4) is 5.82 Å². The molecule has 126 valence electrons. The van der Waals surface area contributed by atoms with Crippen molar-refractivity contribution in [2.75, 3.05) is 0 Å². The van der Waals surface area contributed by atoms with Gasteiger partial charge < -0.3 is 5.32 Å². The lowest BCUT2D eigenvalue weighted by Crippen LogP contribution is -2.34. The van der Waals surface area contributed by atoms with Crippen molar-refractivity contribution in [1.82, 2.24) is 20.1 Å². The van der Waals surface area contributed by atoms with Crippen LogP contribution in [0.25, 0.3) is 5.82 Å². The van der Waals surface area contributed by atoms with Gasteiger partial charge in [0.05, 0.1) is 5.41 Å². The molecule has 2 heterocycles. The van der Waals surface area contributed by atoms with Crippen LogP contribution in [0.5, 0.6) is 0 Å². The second-order valence-electron chi connectivity index (χ2n) is 6.21. The molecule has 3 aromatic rings. The highest BCUT2D eigenvalue weighted by atomic mass is 35.5. The second-order valence-corrected chi connectivity index (χ2v) is 6.64. The molecule has 0 unspecified atom stereocenters. The molecule has 1 aromatic carbocycles. The number of aromatic nitrogens is 3. The Morgan fingerprint density at radius 1 is 1.16 bits per heavy atom. The molecule has 1 aliphatic rings. The summed E-state index contributed by atoms with van der Waals surface area (Å²) in [6, 6.07) is 13.2. The minimum atomic E-state index is -0.418. The van der Waals surface area contributed by atoms with Crippen molar-refractivity contribution in [1.29, 1.82) is 0 Å². The van der Waals surface area contributed by atoms with Gasteiger partial charge in [-0.15, -0.1) is 0 Å². The third-order valence-electron chi connectivity index (χ3n) is 4.61. The number of nitrogens with zero attached hydrogens (tertiary/aromatic N) is 3. The van der Waals surface area contributed by atoms with Gasteiger partial charge in [-0.2, -0.15) is 5.10 Å². The minimum absolute atomic E-state index is 0.0464. The van der Waals surface area contributed by atoms with E-state index in [4.69, 9.17) is 11.6 Å². The highest BCUT2D eigenvalue weighted by Gasteiger charge is 2.51. The van der Waals surface area contributed by atoms with Crippen molar-refractivity contribution in [2.24, 2.45) is 0 Å². The number of pyridine rings is 1. The Morgan fingerprint density at radius 2 is 1.96 bits per heavy atom. The predicted molar refractivity (Wildman–Crippen MR) is 95.6 cm³/mol. The first-order valence-corrected chi connectivity index (χ1v) is 8.55. The van der Waals surface area contributed by atoms with Gasteiger partial charge in [0.2, 0.25) is 5.91 Å². The Balaban J connectivity index is 1.51. The van der Waals surface area contributed by atoms with Crippen LogP contribution in [-0.2, 0) is 16.8 Å². The van der Waals surface area contributed by atoms with E-state index in [9.17, 15) is 4.79 Å². The van der Waals surface area contributed by atoms with Gasteiger partial charge in [0.25, 0.3) is 0 Å². The Labute approximate surface area is 150 Å². The van der Waals surface area contributed by atoms with Crippen molar-refractivity contribution in [3.63, 3.8) is 0 Å². The second kappa shape index (κ2) is 6.33. The lowest BCUT2D eigenvalue weighted by atomic mass is 9.95. The number of benzene rings is 1. The molecule has 1 aliphatic carbocycles. The molecule has 2 aromatic heterocycles. The van der Waals surface area contributed by atoms with E-state index < -0.39 is 5.41 Å². The van der Waals surface area contributed by atoms with Crippen LogP contribution in [0.3, 0.4) is 0 Å². The predicted octanol–water partition coefficient (Wildman–Crippen LogP) is 3.27. The summed E-state index contributed by atoms with van der Waals surface area (Å²) in [4.78, 5) is 17.2. The maximum absolute atomic E-state index is 12.8. The average molecular weight is 353 g/mol. The molecule has 0 aliphatic heterocycles. The summed E-state index contributed by atoms with van der Waals surface area (Å²) < 4.78 is 1.70. The number of carbonyl (C=O) groups excluding carboxylic acids is 1. The van der Waals surface area contributed by atoms with Crippen LogP contribution >= 0.6 is 11.6 Å². The van der Waals surface area contributed by atoms with Crippen LogP contribution in [0.1, 0.15) is 24.0 Å². The van der Waals surface area contributed by atoms with Crippen molar-refractivity contribution >= 4 is 17.5 Å². The Morgan fingerprint density at radius 3 is 2.64 bits per heavy atom. The number of halogens is 1. The number of amides is 1. The van der Waals surface area contributed by atoms with E-state index in [0.29, 0.717) is 11.6 Å². The zero-order chi connectivity index (χ0) is 17.3. The normalized spacial score (nSPS) is 14.9. The van der Waals surface area contributed by atoms with Gasteiger partial charge in [0, 0.05) is 35.7 Å². The molecule has 1 fully saturated rings. The van der Waals surface area contributed by atoms with Gasteiger partial charge in [-0.25, -0.2) is 9.67 Å². The fraction of sp³-hybridized carbons (Fsp3) is 0.211. The summed E-state index contributed by atoms with van der Waals surface area (Å²) in [7, 11) is 0. The molecule has 0 bridgehead atoms. The third-order valence-corrected chi connectivity index (χ3v) is 4.86. The van der Waals surface area contributed by atoms with E-state index in [1.807, 2.05) is 48.7 Å². The number of carbonyl (C=O) groups is 1. The zero-order valence-electron chi connectivity index (χ0n) is 13.5. The monoisotopic (exact) mass is 352 g/mol. The van der Waals surface area contributed by atoms with Gasteiger partial charge in [-0.05, 0) is 42.7 Å². The first-order valence-electron chi connectivity index (χ1n) is 8.17. The smallest absolute Gasteiger partial charge is 0.230 e. The van der Waals surface area contributed by atoms with Crippen LogP contribution in [0.2, 0.25) is 5.02 Å². The van der Waals surface area contributed by atoms with Crippen molar-refractivity contribution < 1.29 is 4.79 Å². The van der Waals surface area contributed by atoms with Gasteiger partial charge in [0.1, 0.15) is 0 Å². The molecule has 1 saturated carbocycles. The molecular weight excluding hydrogens is 336 g/mol. The molecule has 0 spiro atoms. The summed E-state index contributed by atoms with van der Waals surface area (Å²) >= 11 is 5.95. The Bertz CT molecular complexity index is 886. The molecular formula is C19H17ClN4O. The summed E-state index contributed by atoms with van der Waals surface area (Å²) in [6.45, 7) is 0.414. The standard InChI is InChI=1S/C19H17ClN4O/c20-16-6-4-15(5-7-16)19(8-9-19)18(25)22-13-14-3-1-10-21-17(14)24-12-2-11-23-24/h1-7,10-12H,8-9,13H2,(H,22,25). The van der Waals surface area contributed by atoms with E-state index in [1.165, 1.54) is 0 Å². The molecule has 25 heavy (non-hydrogen) atoms. The topological polar surface area (TPSA) is 59.8 Å². The quantitative estimate of drug-likeness (QED) is 0.766. The summed E-state index contributed by atoms with van der Waals surface area (Å²) in [6.07, 6.45) is 6.98. The summed E-state index contributed by atoms with van der Waals surface area (Å²) in [5.74, 6) is 0.772. The summed E-state index contributed by atoms with van der Waals surface area (Å²) in [5.41, 5.74) is 1.53. The third kappa shape index (κ3) is 3.03. The van der Waals surface area contributed by atoms with Crippen LogP contribution in [0.4, 0.5) is 0 Å². The molecule has 1 N–H and O–H groups in total. The lowest BCUT2D eigenvalue weighted by Gasteiger charge is -2.17. The fourth-order valence-corrected chi connectivity index (χ4v) is 3.18. The molecule has 1 amide bonds. The fourth-order valence-electron chi connectivity index (χ4n) is 3.05. The summed E-state index contributed by atoms with van der Waals surface area (Å²) in [5, 5.41) is 7.96. The van der Waals surface area contributed by atoms with Crippen LogP contribution in [0.15, 0.2) is 61.1 Å². The molecule has 0 radical (unpaired) electrons. The van der Waals surface area contributed by atoms with Crippen molar-refractivity contribution in [2.45, 2.75) is 24.8 Å². The van der Waals surface area contributed by atoms with E-state index in [-0.39, 0.29) is 5.91 Å². The Kier molecular flexibility index (Phi) is 4.01. The van der Waals surface area contributed by atoms with Crippen molar-refractivity contribution in [3.05, 3.63) is 77.2 Å². The number of nitrogens with one attached hydrogen (secondary N) is 1. The van der Waals surface area contributed by atoms with Gasteiger partial charge in [-0.3, -0.25) is 4.79 Å². The first kappa shape index (κ1) is 15.8. The van der Waals surface area contributed by atoms with Gasteiger partial charge in [0.15, 0.2) is 5.82 Å². The van der Waals surface area contributed by atoms with Crippen LogP contribution in [0, 0.1) is 0 Å². The lowest BCUT2D eigenvalue weighted by molar-refractivity contribution is -0.123.